The number of rotatable bonds is 8. The molecule has 0 fully saturated rings. The van der Waals surface area contributed by atoms with E-state index in [-0.39, 0.29) is 11.7 Å². The SMILES string of the molecule is Cc1cc(C)nc(SCC(=O)N/N=C\c2ccc(OCc3ccc(Cl)c(Cl)c3)c(Br)c2)n1. The molecule has 1 amide bonds. The zero-order chi connectivity index (χ0) is 23.1. The number of benzene rings is 2. The van der Waals surface area contributed by atoms with Gasteiger partial charge in [0.15, 0.2) is 5.16 Å². The standard InChI is InChI=1S/C22H19BrCl2N4O2S/c1-13-7-14(2)28-22(27-13)32-12-21(30)29-26-10-15-4-6-20(17(23)8-15)31-11-16-3-5-18(24)19(25)9-16/h3-10H,11-12H2,1-2H3,(H,29,30)/b26-10-. The topological polar surface area (TPSA) is 76.5 Å². The van der Waals surface area contributed by atoms with E-state index in [1.54, 1.807) is 18.3 Å². The zero-order valence-electron chi connectivity index (χ0n) is 17.2. The average molecular weight is 554 g/mol. The smallest absolute Gasteiger partial charge is 0.250 e. The van der Waals surface area contributed by atoms with Crippen LogP contribution in [0.5, 0.6) is 5.75 Å². The zero-order valence-corrected chi connectivity index (χ0v) is 21.1. The van der Waals surface area contributed by atoms with Crippen molar-refractivity contribution in [2.24, 2.45) is 5.10 Å². The van der Waals surface area contributed by atoms with Gasteiger partial charge in [0.25, 0.3) is 5.91 Å². The van der Waals surface area contributed by atoms with Gasteiger partial charge in [-0.05, 0) is 77.3 Å². The molecule has 0 atom stereocenters. The number of amides is 1. The van der Waals surface area contributed by atoms with Crippen molar-refractivity contribution in [2.75, 3.05) is 5.75 Å². The van der Waals surface area contributed by atoms with Crippen molar-refractivity contribution in [1.82, 2.24) is 15.4 Å². The minimum atomic E-state index is -0.241. The summed E-state index contributed by atoms with van der Waals surface area (Å²) in [6.45, 7) is 4.14. The van der Waals surface area contributed by atoms with Crippen LogP contribution < -0.4 is 10.2 Å². The van der Waals surface area contributed by atoms with Crippen molar-refractivity contribution in [3.8, 4) is 5.75 Å². The first-order chi connectivity index (χ1) is 15.3. The normalized spacial score (nSPS) is 11.0. The first kappa shape index (κ1) is 24.5. The Bertz CT molecular complexity index is 1140. The van der Waals surface area contributed by atoms with Gasteiger partial charge in [-0.15, -0.1) is 0 Å². The lowest BCUT2D eigenvalue weighted by molar-refractivity contribution is -0.118. The number of halogens is 3. The number of carbonyl (C=O) groups is 1. The van der Waals surface area contributed by atoms with Gasteiger partial charge in [-0.3, -0.25) is 4.79 Å². The average Bonchev–Trinajstić information content (AvgIpc) is 2.73. The van der Waals surface area contributed by atoms with Gasteiger partial charge in [0.05, 0.1) is 26.5 Å². The summed E-state index contributed by atoms with van der Waals surface area (Å²) in [6, 6.07) is 12.7. The summed E-state index contributed by atoms with van der Waals surface area (Å²) in [6.07, 6.45) is 1.56. The van der Waals surface area contributed by atoms with Gasteiger partial charge < -0.3 is 4.74 Å². The Morgan fingerprint density at radius 1 is 1.12 bits per heavy atom. The molecule has 6 nitrogen and oxygen atoms in total. The Balaban J connectivity index is 1.49. The van der Waals surface area contributed by atoms with Crippen LogP contribution in [0.1, 0.15) is 22.5 Å². The molecule has 166 valence electrons. The van der Waals surface area contributed by atoms with Crippen molar-refractivity contribution >= 4 is 63.0 Å². The summed E-state index contributed by atoms with van der Waals surface area (Å²) in [5.41, 5.74) is 5.95. The third-order valence-corrected chi connectivity index (χ3v) is 6.24. The predicted octanol–water partition coefficient (Wildman–Crippen LogP) is 5.98. The monoisotopic (exact) mass is 552 g/mol. The number of nitrogens with one attached hydrogen (secondary N) is 1. The highest BCUT2D eigenvalue weighted by Gasteiger charge is 2.07. The van der Waals surface area contributed by atoms with Crippen LogP contribution in [0.4, 0.5) is 0 Å². The van der Waals surface area contributed by atoms with Crippen molar-refractivity contribution in [2.45, 2.75) is 25.6 Å². The fourth-order valence-corrected chi connectivity index (χ4v) is 4.18. The van der Waals surface area contributed by atoms with Gasteiger partial charge >= 0.3 is 0 Å². The summed E-state index contributed by atoms with van der Waals surface area (Å²) in [5.74, 6) is 0.600. The number of hydrazone groups is 1. The maximum Gasteiger partial charge on any atom is 0.250 e. The molecule has 0 aliphatic rings. The highest BCUT2D eigenvalue weighted by atomic mass is 79.9. The first-order valence-corrected chi connectivity index (χ1v) is 12.0. The third-order valence-electron chi connectivity index (χ3n) is 4.03. The Kier molecular flexibility index (Phi) is 8.92. The molecule has 10 heteroatoms. The van der Waals surface area contributed by atoms with Crippen molar-refractivity contribution in [1.29, 1.82) is 0 Å². The largest absolute Gasteiger partial charge is 0.488 e. The molecule has 0 bridgehead atoms. The minimum absolute atomic E-state index is 0.172. The van der Waals surface area contributed by atoms with Crippen molar-refractivity contribution in [3.63, 3.8) is 0 Å². The number of hydrogen-bond donors (Lipinski definition) is 1. The lowest BCUT2D eigenvalue weighted by Crippen LogP contribution is -2.19. The Hall–Kier alpha value is -2.13. The maximum atomic E-state index is 12.0. The minimum Gasteiger partial charge on any atom is -0.488 e. The quantitative estimate of drug-likeness (QED) is 0.160. The molecule has 0 aliphatic carbocycles. The Morgan fingerprint density at radius 3 is 2.56 bits per heavy atom. The molecule has 1 N–H and O–H groups in total. The summed E-state index contributed by atoms with van der Waals surface area (Å²) in [5, 5.41) is 5.57. The molecule has 1 aromatic heterocycles. The van der Waals surface area contributed by atoms with E-state index in [9.17, 15) is 4.79 Å². The summed E-state index contributed by atoms with van der Waals surface area (Å²) >= 11 is 16.7. The summed E-state index contributed by atoms with van der Waals surface area (Å²) in [7, 11) is 0. The molecule has 2 aromatic carbocycles. The Morgan fingerprint density at radius 2 is 1.88 bits per heavy atom. The molecule has 0 spiro atoms. The molecule has 0 radical (unpaired) electrons. The van der Waals surface area contributed by atoms with Crippen molar-refractivity contribution in [3.05, 3.63) is 79.5 Å². The van der Waals surface area contributed by atoms with Crippen LogP contribution in [0.15, 0.2) is 57.2 Å². The molecule has 0 saturated carbocycles. The van der Waals surface area contributed by atoms with Crippen LogP contribution in [0.2, 0.25) is 10.0 Å². The number of nitrogens with zero attached hydrogens (tertiary/aromatic N) is 3. The van der Waals surface area contributed by atoms with E-state index >= 15 is 0 Å². The molecule has 3 aromatic rings. The fourth-order valence-electron chi connectivity index (χ4n) is 2.60. The van der Waals surface area contributed by atoms with Gasteiger partial charge in [-0.25, -0.2) is 15.4 Å². The third kappa shape index (κ3) is 7.48. The van der Waals surface area contributed by atoms with Gasteiger partial charge in [-0.1, -0.05) is 41.0 Å². The number of aryl methyl sites for hydroxylation is 2. The van der Waals surface area contributed by atoms with E-state index in [4.69, 9.17) is 27.9 Å². The van der Waals surface area contributed by atoms with Crippen LogP contribution in [-0.4, -0.2) is 27.8 Å². The second-order valence-corrected chi connectivity index (χ2v) is 9.35. The van der Waals surface area contributed by atoms with Crippen LogP contribution in [-0.2, 0) is 11.4 Å². The lowest BCUT2D eigenvalue weighted by Gasteiger charge is -2.09. The Labute approximate surface area is 208 Å². The number of hydrogen-bond acceptors (Lipinski definition) is 6. The van der Waals surface area contributed by atoms with E-state index in [1.165, 1.54) is 11.8 Å². The highest BCUT2D eigenvalue weighted by molar-refractivity contribution is 9.10. The molecular weight excluding hydrogens is 535 g/mol. The molecule has 32 heavy (non-hydrogen) atoms. The number of aromatic nitrogens is 2. The summed E-state index contributed by atoms with van der Waals surface area (Å²) < 4.78 is 6.59. The molecule has 3 rings (SSSR count). The molecule has 1 heterocycles. The number of thioether (sulfide) groups is 1. The van der Waals surface area contributed by atoms with Gasteiger partial charge in [0, 0.05) is 11.4 Å². The van der Waals surface area contributed by atoms with Crippen LogP contribution >= 0.6 is 50.9 Å². The van der Waals surface area contributed by atoms with Crippen LogP contribution in [0, 0.1) is 13.8 Å². The second-order valence-electron chi connectivity index (χ2n) is 6.74. The molecule has 0 unspecified atom stereocenters. The fraction of sp³-hybridized carbons (Fsp3) is 0.182. The number of carbonyl (C=O) groups excluding carboxylic acids is 1. The first-order valence-electron chi connectivity index (χ1n) is 9.43. The molecular formula is C22H19BrCl2N4O2S. The van der Waals surface area contributed by atoms with Crippen molar-refractivity contribution < 1.29 is 9.53 Å². The molecule has 0 aliphatic heterocycles. The maximum absolute atomic E-state index is 12.0. The van der Waals surface area contributed by atoms with E-state index < -0.39 is 0 Å². The summed E-state index contributed by atoms with van der Waals surface area (Å²) in [4.78, 5) is 20.6. The van der Waals surface area contributed by atoms with E-state index in [2.05, 4.69) is 36.4 Å². The van der Waals surface area contributed by atoms with Crippen LogP contribution in [0.3, 0.4) is 0 Å². The van der Waals surface area contributed by atoms with Gasteiger partial charge in [-0.2, -0.15) is 5.10 Å². The lowest BCUT2D eigenvalue weighted by atomic mass is 10.2. The van der Waals surface area contributed by atoms with Gasteiger partial charge in [0.2, 0.25) is 0 Å². The van der Waals surface area contributed by atoms with Crippen LogP contribution in [0.25, 0.3) is 0 Å². The second kappa shape index (κ2) is 11.7. The number of ether oxygens (including phenoxy) is 1. The molecule has 0 saturated heterocycles. The van der Waals surface area contributed by atoms with E-state index in [0.717, 1.165) is 27.0 Å². The highest BCUT2D eigenvalue weighted by Crippen LogP contribution is 2.28. The van der Waals surface area contributed by atoms with E-state index in [1.807, 2.05) is 44.2 Å². The van der Waals surface area contributed by atoms with E-state index in [0.29, 0.717) is 27.6 Å². The predicted molar refractivity (Wildman–Crippen MR) is 133 cm³/mol. The van der Waals surface area contributed by atoms with Gasteiger partial charge in [0.1, 0.15) is 12.4 Å².